The van der Waals surface area contributed by atoms with Crippen molar-refractivity contribution in [1.29, 1.82) is 0 Å². The Labute approximate surface area is 165 Å². The number of halogens is 3. The van der Waals surface area contributed by atoms with Crippen LogP contribution in [0.15, 0.2) is 46.7 Å². The van der Waals surface area contributed by atoms with Gasteiger partial charge >= 0.3 is 0 Å². The molecule has 1 aliphatic heterocycles. The molecule has 0 saturated carbocycles. The summed E-state index contributed by atoms with van der Waals surface area (Å²) in [7, 11) is 0. The number of aromatic amines is 1. The summed E-state index contributed by atoms with van der Waals surface area (Å²) < 4.78 is 26.4. The van der Waals surface area contributed by atoms with Crippen molar-refractivity contribution in [3.8, 4) is 0 Å². The molecule has 1 aromatic heterocycles. The number of H-pyrrole nitrogens is 1. The SMILES string of the molecule is CC1C(N)=C(N(N)Cc2ccccc2C(F)F)CCN1c1cn[nH]c(=O)c1Cl. The van der Waals surface area contributed by atoms with E-state index in [1.807, 2.05) is 11.8 Å². The highest BCUT2D eigenvalue weighted by atomic mass is 35.5. The highest BCUT2D eigenvalue weighted by Crippen LogP contribution is 2.31. The van der Waals surface area contributed by atoms with Gasteiger partial charge in [-0.15, -0.1) is 0 Å². The molecule has 150 valence electrons. The minimum Gasteiger partial charge on any atom is -0.399 e. The van der Waals surface area contributed by atoms with Gasteiger partial charge in [0.25, 0.3) is 12.0 Å². The van der Waals surface area contributed by atoms with Crippen LogP contribution in [0.1, 0.15) is 30.9 Å². The number of nitrogens with two attached hydrogens (primary N) is 2. The molecule has 1 aliphatic rings. The Kier molecular flexibility index (Phi) is 5.85. The summed E-state index contributed by atoms with van der Waals surface area (Å²) in [4.78, 5) is 13.6. The molecule has 1 unspecified atom stereocenters. The number of hydrogen-bond acceptors (Lipinski definition) is 6. The van der Waals surface area contributed by atoms with Crippen LogP contribution < -0.4 is 22.0 Å². The number of alkyl halides is 2. The quantitative estimate of drug-likeness (QED) is 0.516. The Morgan fingerprint density at radius 1 is 1.43 bits per heavy atom. The van der Waals surface area contributed by atoms with E-state index in [2.05, 4.69) is 10.2 Å². The van der Waals surface area contributed by atoms with Gasteiger partial charge in [0.1, 0.15) is 5.02 Å². The molecule has 7 nitrogen and oxygen atoms in total. The van der Waals surface area contributed by atoms with Crippen molar-refractivity contribution >= 4 is 17.3 Å². The number of rotatable bonds is 5. The topological polar surface area (TPSA) is 104 Å². The van der Waals surface area contributed by atoms with E-state index in [0.29, 0.717) is 35.6 Å². The van der Waals surface area contributed by atoms with Gasteiger partial charge in [0.15, 0.2) is 0 Å². The fourth-order valence-corrected chi connectivity index (χ4v) is 3.56. The molecule has 2 aromatic rings. The van der Waals surface area contributed by atoms with Crippen LogP contribution in [0.2, 0.25) is 5.02 Å². The lowest BCUT2D eigenvalue weighted by Crippen LogP contribution is -2.47. The molecule has 0 radical (unpaired) electrons. The van der Waals surface area contributed by atoms with Crippen LogP contribution in [0.25, 0.3) is 0 Å². The maximum atomic E-state index is 13.2. The lowest BCUT2D eigenvalue weighted by molar-refractivity contribution is 0.149. The summed E-state index contributed by atoms with van der Waals surface area (Å²) in [6.07, 6.45) is -0.646. The average molecular weight is 411 g/mol. The van der Waals surface area contributed by atoms with Crippen LogP contribution in [0.5, 0.6) is 0 Å². The largest absolute Gasteiger partial charge is 0.399 e. The second kappa shape index (κ2) is 8.15. The van der Waals surface area contributed by atoms with Gasteiger partial charge in [-0.1, -0.05) is 35.9 Å². The van der Waals surface area contributed by atoms with E-state index in [-0.39, 0.29) is 23.2 Å². The monoisotopic (exact) mass is 410 g/mol. The van der Waals surface area contributed by atoms with Crippen LogP contribution in [-0.4, -0.2) is 27.8 Å². The minimum absolute atomic E-state index is 0.0357. The number of anilines is 1. The maximum absolute atomic E-state index is 13.2. The summed E-state index contributed by atoms with van der Waals surface area (Å²) in [6, 6.07) is 5.97. The van der Waals surface area contributed by atoms with Gasteiger partial charge in [0, 0.05) is 18.5 Å². The molecule has 10 heteroatoms. The predicted octanol–water partition coefficient (Wildman–Crippen LogP) is 2.51. The molecule has 1 atom stereocenters. The molecule has 0 aliphatic carbocycles. The van der Waals surface area contributed by atoms with Gasteiger partial charge in [0.05, 0.1) is 35.9 Å². The van der Waals surface area contributed by atoms with Gasteiger partial charge in [-0.3, -0.25) is 4.79 Å². The lowest BCUT2D eigenvalue weighted by atomic mass is 10.0. The molecule has 5 N–H and O–H groups in total. The van der Waals surface area contributed by atoms with Crippen LogP contribution in [-0.2, 0) is 6.54 Å². The van der Waals surface area contributed by atoms with Crippen LogP contribution in [0.4, 0.5) is 14.5 Å². The third-order valence-corrected chi connectivity index (χ3v) is 5.27. The third-order valence-electron chi connectivity index (χ3n) is 4.90. The number of benzene rings is 1. The second-order valence-corrected chi connectivity index (χ2v) is 6.93. The van der Waals surface area contributed by atoms with E-state index in [1.54, 1.807) is 18.2 Å². The van der Waals surface area contributed by atoms with Crippen molar-refractivity contribution in [2.45, 2.75) is 32.4 Å². The number of hydrogen-bond donors (Lipinski definition) is 3. The van der Waals surface area contributed by atoms with Crippen LogP contribution >= 0.6 is 11.6 Å². The molecular formula is C18H21ClF2N6O. The summed E-state index contributed by atoms with van der Waals surface area (Å²) >= 11 is 6.10. The van der Waals surface area contributed by atoms with Crippen molar-refractivity contribution < 1.29 is 8.78 Å². The molecule has 3 rings (SSSR count). The van der Waals surface area contributed by atoms with Gasteiger partial charge in [-0.25, -0.2) is 19.7 Å². The van der Waals surface area contributed by atoms with Crippen molar-refractivity contribution in [3.63, 3.8) is 0 Å². The number of nitrogens with one attached hydrogen (secondary N) is 1. The van der Waals surface area contributed by atoms with E-state index < -0.39 is 12.0 Å². The van der Waals surface area contributed by atoms with Crippen LogP contribution in [0, 0.1) is 0 Å². The molecule has 2 heterocycles. The summed E-state index contributed by atoms with van der Waals surface area (Å²) in [5.74, 6) is 6.18. The molecule has 0 fully saturated rings. The van der Waals surface area contributed by atoms with E-state index in [9.17, 15) is 13.6 Å². The molecule has 0 saturated heterocycles. The zero-order valence-corrected chi connectivity index (χ0v) is 16.0. The van der Waals surface area contributed by atoms with E-state index >= 15 is 0 Å². The maximum Gasteiger partial charge on any atom is 0.285 e. The highest BCUT2D eigenvalue weighted by Gasteiger charge is 2.29. The minimum atomic E-state index is -2.58. The zero-order valence-electron chi connectivity index (χ0n) is 15.2. The standard InChI is InChI=1S/C18H21ClF2N6O/c1-10-16(22)13(6-7-26(10)14-8-24-25-18(28)15(14)19)27(23)9-11-4-2-3-5-12(11)17(20)21/h2-5,8,10,17H,6-7,9,22-23H2,1H3,(H,25,28). The Balaban J connectivity index is 1.85. The van der Waals surface area contributed by atoms with Crippen LogP contribution in [0.3, 0.4) is 0 Å². The van der Waals surface area contributed by atoms with Gasteiger partial charge in [-0.2, -0.15) is 5.10 Å². The van der Waals surface area contributed by atoms with Gasteiger partial charge in [-0.05, 0) is 12.5 Å². The molecule has 0 amide bonds. The summed E-state index contributed by atoms with van der Waals surface area (Å²) in [5, 5.41) is 7.51. The molecule has 1 aromatic carbocycles. The number of hydrazine groups is 1. The zero-order chi connectivity index (χ0) is 20.4. The summed E-state index contributed by atoms with van der Waals surface area (Å²) in [6.45, 7) is 2.45. The Bertz CT molecular complexity index is 948. The van der Waals surface area contributed by atoms with E-state index in [1.165, 1.54) is 17.3 Å². The van der Waals surface area contributed by atoms with E-state index in [0.717, 1.165) is 0 Å². The molecule has 28 heavy (non-hydrogen) atoms. The fourth-order valence-electron chi connectivity index (χ4n) is 3.36. The van der Waals surface area contributed by atoms with E-state index in [4.69, 9.17) is 23.2 Å². The third kappa shape index (κ3) is 3.81. The smallest absolute Gasteiger partial charge is 0.285 e. The second-order valence-electron chi connectivity index (χ2n) is 6.55. The van der Waals surface area contributed by atoms with Crippen molar-refractivity contribution in [1.82, 2.24) is 15.2 Å². The highest BCUT2D eigenvalue weighted by molar-refractivity contribution is 6.33. The number of aromatic nitrogens is 2. The van der Waals surface area contributed by atoms with Gasteiger partial charge in [0.2, 0.25) is 0 Å². The lowest BCUT2D eigenvalue weighted by Gasteiger charge is -2.39. The van der Waals surface area contributed by atoms with Crippen molar-refractivity contribution in [2.75, 3.05) is 11.4 Å². The predicted molar refractivity (Wildman–Crippen MR) is 104 cm³/mol. The fraction of sp³-hybridized carbons (Fsp3) is 0.333. The average Bonchev–Trinajstić information content (AvgIpc) is 2.66. The Morgan fingerprint density at radius 3 is 2.86 bits per heavy atom. The Morgan fingerprint density at radius 2 is 2.14 bits per heavy atom. The molecule has 0 spiro atoms. The first-order valence-electron chi connectivity index (χ1n) is 8.67. The summed E-state index contributed by atoms with van der Waals surface area (Å²) in [5.41, 5.74) is 7.85. The molecule has 0 bridgehead atoms. The first-order chi connectivity index (χ1) is 13.3. The Hall–Kier alpha value is -2.65. The first kappa shape index (κ1) is 20.1. The normalized spacial score (nSPS) is 17.4. The first-order valence-corrected chi connectivity index (χ1v) is 9.05. The van der Waals surface area contributed by atoms with Crippen molar-refractivity contribution in [2.24, 2.45) is 11.6 Å². The van der Waals surface area contributed by atoms with Crippen molar-refractivity contribution in [3.05, 3.63) is 68.4 Å². The molecular weight excluding hydrogens is 390 g/mol. The number of nitrogens with zero attached hydrogens (tertiary/aromatic N) is 3. The van der Waals surface area contributed by atoms with Gasteiger partial charge < -0.3 is 15.6 Å².